The third-order valence-corrected chi connectivity index (χ3v) is 4.85. The van der Waals surface area contributed by atoms with Crippen molar-refractivity contribution in [3.8, 4) is 0 Å². The Balaban J connectivity index is 1.60. The molecule has 1 aromatic carbocycles. The van der Waals surface area contributed by atoms with Crippen LogP contribution >= 0.6 is 11.6 Å². The van der Waals surface area contributed by atoms with E-state index in [4.69, 9.17) is 11.6 Å². The van der Waals surface area contributed by atoms with E-state index < -0.39 is 0 Å². The zero-order chi connectivity index (χ0) is 14.6. The number of nitrogens with zero attached hydrogens (tertiary/aromatic N) is 2. The van der Waals surface area contributed by atoms with Crippen molar-refractivity contribution < 1.29 is 9.59 Å². The van der Waals surface area contributed by atoms with Gasteiger partial charge in [-0.1, -0.05) is 35.9 Å². The fraction of sp³-hybridized carbons (Fsp3) is 0.312. The number of halogens is 1. The average molecular weight is 301 g/mol. The lowest BCUT2D eigenvalue weighted by molar-refractivity contribution is -0.140. The lowest BCUT2D eigenvalue weighted by atomic mass is 9.85. The van der Waals surface area contributed by atoms with Crippen LogP contribution in [0.2, 0.25) is 5.02 Å². The summed E-state index contributed by atoms with van der Waals surface area (Å²) in [4.78, 5) is 24.8. The van der Waals surface area contributed by atoms with Crippen LogP contribution in [0.15, 0.2) is 41.5 Å². The number of allylic oxidation sites excluding steroid dienone is 2. The maximum Gasteiger partial charge on any atom is 0.254 e. The molecule has 3 aliphatic rings. The number of hydrogen-bond donors (Lipinski definition) is 0. The molecule has 1 aliphatic heterocycles. The second-order valence-electron chi connectivity index (χ2n) is 5.79. The molecule has 2 amide bonds. The molecule has 1 aromatic rings. The molecule has 2 bridgehead atoms. The van der Waals surface area contributed by atoms with E-state index >= 15 is 0 Å². The van der Waals surface area contributed by atoms with Gasteiger partial charge in [0, 0.05) is 5.02 Å². The minimum atomic E-state index is -0.205. The first-order chi connectivity index (χ1) is 10.1. The number of imide groups is 1. The third kappa shape index (κ3) is 1.86. The Morgan fingerprint density at radius 2 is 1.81 bits per heavy atom. The van der Waals surface area contributed by atoms with E-state index in [2.05, 4.69) is 17.3 Å². The Morgan fingerprint density at radius 1 is 1.14 bits per heavy atom. The van der Waals surface area contributed by atoms with Crippen molar-refractivity contribution in [3.63, 3.8) is 0 Å². The normalized spacial score (nSPS) is 33.5. The molecule has 0 radical (unpaired) electrons. The quantitative estimate of drug-likeness (QED) is 0.479. The first kappa shape index (κ1) is 12.8. The zero-order valence-corrected chi connectivity index (χ0v) is 11.9. The fourth-order valence-corrected chi connectivity index (χ4v) is 3.91. The molecule has 4 rings (SSSR count). The van der Waals surface area contributed by atoms with Gasteiger partial charge < -0.3 is 0 Å². The summed E-state index contributed by atoms with van der Waals surface area (Å²) >= 11 is 5.90. The Bertz CT molecular complexity index is 667. The highest BCUT2D eigenvalue weighted by Gasteiger charge is 2.59. The van der Waals surface area contributed by atoms with Crippen molar-refractivity contribution in [2.75, 3.05) is 0 Å². The summed E-state index contributed by atoms with van der Waals surface area (Å²) in [5.74, 6) is -0.320. The molecule has 4 nitrogen and oxygen atoms in total. The van der Waals surface area contributed by atoms with E-state index in [1.54, 1.807) is 18.2 Å². The van der Waals surface area contributed by atoms with E-state index in [9.17, 15) is 9.59 Å². The lowest BCUT2D eigenvalue weighted by Gasteiger charge is -2.13. The highest BCUT2D eigenvalue weighted by atomic mass is 35.5. The van der Waals surface area contributed by atoms with Crippen molar-refractivity contribution in [2.45, 2.75) is 6.42 Å². The van der Waals surface area contributed by atoms with Gasteiger partial charge in [0.25, 0.3) is 11.8 Å². The number of benzene rings is 1. The Labute approximate surface area is 127 Å². The summed E-state index contributed by atoms with van der Waals surface area (Å²) in [6.07, 6.45) is 6.58. The molecule has 21 heavy (non-hydrogen) atoms. The van der Waals surface area contributed by atoms with Crippen molar-refractivity contribution in [1.82, 2.24) is 5.01 Å². The van der Waals surface area contributed by atoms with Gasteiger partial charge >= 0.3 is 0 Å². The predicted octanol–water partition coefficient (Wildman–Crippen LogP) is 2.48. The highest BCUT2D eigenvalue weighted by Crippen LogP contribution is 2.52. The molecule has 0 spiro atoms. The fourth-order valence-electron chi connectivity index (χ4n) is 3.71. The summed E-state index contributed by atoms with van der Waals surface area (Å²) in [7, 11) is 0. The molecule has 0 aromatic heterocycles. The van der Waals surface area contributed by atoms with Gasteiger partial charge in [-0.25, -0.2) is 0 Å². The highest BCUT2D eigenvalue weighted by molar-refractivity contribution is 6.30. The SMILES string of the molecule is O=C1[C@@H]2[C@H](C(=O)N1N=Cc1cccc(Cl)c1)[C@H]1C=C[C@H]2C1. The molecule has 4 atom stereocenters. The van der Waals surface area contributed by atoms with Crippen LogP contribution in [-0.4, -0.2) is 23.0 Å². The molecule has 1 saturated carbocycles. The maximum absolute atomic E-state index is 12.4. The van der Waals surface area contributed by atoms with E-state index in [0.29, 0.717) is 5.02 Å². The van der Waals surface area contributed by atoms with Crippen LogP contribution in [-0.2, 0) is 9.59 Å². The molecular formula is C16H13ClN2O2. The molecule has 2 fully saturated rings. The summed E-state index contributed by atoms with van der Waals surface area (Å²) < 4.78 is 0. The summed E-state index contributed by atoms with van der Waals surface area (Å²) in [5.41, 5.74) is 0.765. The van der Waals surface area contributed by atoms with E-state index in [0.717, 1.165) is 17.0 Å². The number of carbonyl (C=O) groups is 2. The van der Waals surface area contributed by atoms with Crippen LogP contribution < -0.4 is 0 Å². The minimum Gasteiger partial charge on any atom is -0.272 e. The van der Waals surface area contributed by atoms with Gasteiger partial charge in [0.05, 0.1) is 18.1 Å². The molecule has 106 valence electrons. The van der Waals surface area contributed by atoms with Gasteiger partial charge in [-0.3, -0.25) is 9.59 Å². The topological polar surface area (TPSA) is 49.7 Å². The number of amides is 2. The summed E-state index contributed by atoms with van der Waals surface area (Å²) in [6.45, 7) is 0. The standard InChI is InChI=1S/C16H13ClN2O2/c17-12-3-1-2-9(6-12)8-18-19-15(20)13-10-4-5-11(7-10)14(13)16(19)21/h1-6,8,10-11,13-14H,7H2/t10-,11-,13-,14+/m0/s1. The third-order valence-electron chi connectivity index (χ3n) is 4.62. The largest absolute Gasteiger partial charge is 0.272 e. The van der Waals surface area contributed by atoms with E-state index in [1.807, 2.05) is 6.07 Å². The number of carbonyl (C=O) groups excluding carboxylic acids is 2. The van der Waals surface area contributed by atoms with Crippen molar-refractivity contribution in [2.24, 2.45) is 28.8 Å². The average Bonchev–Trinajstić information content (AvgIpc) is 3.12. The van der Waals surface area contributed by atoms with Crippen molar-refractivity contribution >= 4 is 29.6 Å². The van der Waals surface area contributed by atoms with Crippen LogP contribution in [0, 0.1) is 23.7 Å². The second-order valence-corrected chi connectivity index (χ2v) is 6.22. The second kappa shape index (κ2) is 4.53. The number of rotatable bonds is 2. The maximum atomic E-state index is 12.4. The van der Waals surface area contributed by atoms with Crippen molar-refractivity contribution in [1.29, 1.82) is 0 Å². The summed E-state index contributed by atoms with van der Waals surface area (Å²) in [6, 6.07) is 7.13. The minimum absolute atomic E-state index is 0.167. The van der Waals surface area contributed by atoms with Gasteiger partial charge in [-0.05, 0) is 36.0 Å². The van der Waals surface area contributed by atoms with Crippen molar-refractivity contribution in [3.05, 3.63) is 47.0 Å². The van der Waals surface area contributed by atoms with Gasteiger partial charge in [-0.15, -0.1) is 0 Å². The van der Waals surface area contributed by atoms with Crippen LogP contribution in [0.1, 0.15) is 12.0 Å². The Morgan fingerprint density at radius 3 is 2.43 bits per heavy atom. The van der Waals surface area contributed by atoms with Crippen LogP contribution in [0.5, 0.6) is 0 Å². The number of hydrazone groups is 1. The monoisotopic (exact) mass is 300 g/mol. The Hall–Kier alpha value is -1.94. The summed E-state index contributed by atoms with van der Waals surface area (Å²) in [5, 5.41) is 5.74. The first-order valence-corrected chi connectivity index (χ1v) is 7.38. The number of fused-ring (bicyclic) bond motifs is 5. The predicted molar refractivity (Wildman–Crippen MR) is 78.6 cm³/mol. The number of hydrogen-bond acceptors (Lipinski definition) is 3. The molecule has 5 heteroatoms. The Kier molecular flexibility index (Phi) is 2.76. The van der Waals surface area contributed by atoms with Crippen LogP contribution in [0.25, 0.3) is 0 Å². The van der Waals surface area contributed by atoms with Gasteiger partial charge in [-0.2, -0.15) is 10.1 Å². The first-order valence-electron chi connectivity index (χ1n) is 7.01. The van der Waals surface area contributed by atoms with Crippen LogP contribution in [0.3, 0.4) is 0 Å². The molecular weight excluding hydrogens is 288 g/mol. The molecule has 1 saturated heterocycles. The van der Waals surface area contributed by atoms with Gasteiger partial charge in [0.2, 0.25) is 0 Å². The van der Waals surface area contributed by atoms with Crippen LogP contribution in [0.4, 0.5) is 0 Å². The molecule has 0 N–H and O–H groups in total. The lowest BCUT2D eigenvalue weighted by Crippen LogP contribution is -2.28. The molecule has 2 aliphatic carbocycles. The van der Waals surface area contributed by atoms with E-state index in [1.165, 1.54) is 6.21 Å². The van der Waals surface area contributed by atoms with E-state index in [-0.39, 0.29) is 35.5 Å². The van der Waals surface area contributed by atoms with Gasteiger partial charge in [0.15, 0.2) is 0 Å². The van der Waals surface area contributed by atoms with Gasteiger partial charge in [0.1, 0.15) is 0 Å². The smallest absolute Gasteiger partial charge is 0.254 e. The molecule has 0 unspecified atom stereocenters. The molecule has 1 heterocycles. The zero-order valence-electron chi connectivity index (χ0n) is 11.1.